The quantitative estimate of drug-likeness (QED) is 0.585. The van der Waals surface area contributed by atoms with Crippen LogP contribution < -0.4 is 5.32 Å². The molecule has 0 amide bonds. The largest absolute Gasteiger partial charge is 0.470 e. The Hall–Kier alpha value is -3.18. The highest BCUT2D eigenvalue weighted by molar-refractivity contribution is 5.51. The van der Waals surface area contributed by atoms with E-state index in [2.05, 4.69) is 29.9 Å². The summed E-state index contributed by atoms with van der Waals surface area (Å²) in [5, 5.41) is 9.31. The molecule has 0 unspecified atom stereocenters. The molecular weight excluding hydrogens is 416 g/mol. The Kier molecular flexibility index (Phi) is 4.66. The van der Waals surface area contributed by atoms with Crippen molar-refractivity contribution < 1.29 is 30.8 Å². The van der Waals surface area contributed by atoms with Crippen LogP contribution in [0.15, 0.2) is 41.1 Å². The second-order valence-electron chi connectivity index (χ2n) is 6.84. The van der Waals surface area contributed by atoms with Gasteiger partial charge in [0.1, 0.15) is 0 Å². The molecule has 0 radical (unpaired) electrons. The number of hydrogen-bond acceptors (Lipinski definition) is 6. The summed E-state index contributed by atoms with van der Waals surface area (Å²) in [5.74, 6) is -1.77. The fraction of sp³-hybridized carbons (Fsp3) is 0.333. The molecule has 0 saturated heterocycles. The van der Waals surface area contributed by atoms with E-state index < -0.39 is 35.2 Å². The third kappa shape index (κ3) is 3.81. The number of halogens is 6. The van der Waals surface area contributed by atoms with Gasteiger partial charge in [-0.25, -0.2) is 9.97 Å². The van der Waals surface area contributed by atoms with E-state index in [0.717, 1.165) is 18.6 Å². The average molecular weight is 429 g/mol. The second kappa shape index (κ2) is 6.96. The van der Waals surface area contributed by atoms with Gasteiger partial charge < -0.3 is 9.73 Å². The minimum absolute atomic E-state index is 0.0743. The van der Waals surface area contributed by atoms with Gasteiger partial charge in [-0.1, -0.05) is 12.1 Å². The maximum Gasteiger partial charge on any atom is 0.470 e. The number of anilines is 1. The fourth-order valence-corrected chi connectivity index (χ4v) is 3.18. The summed E-state index contributed by atoms with van der Waals surface area (Å²) in [4.78, 5) is 8.07. The van der Waals surface area contributed by atoms with Crippen molar-refractivity contribution in [2.24, 2.45) is 0 Å². The van der Waals surface area contributed by atoms with Crippen molar-refractivity contribution in [1.29, 1.82) is 0 Å². The first kappa shape index (κ1) is 20.1. The molecule has 2 aromatic heterocycles. The Balaban J connectivity index is 1.56. The zero-order valence-electron chi connectivity index (χ0n) is 15.1. The fourth-order valence-electron chi connectivity index (χ4n) is 3.18. The van der Waals surface area contributed by atoms with Crippen molar-refractivity contribution >= 4 is 5.95 Å². The monoisotopic (exact) mass is 429 g/mol. The first-order chi connectivity index (χ1) is 14.1. The van der Waals surface area contributed by atoms with Crippen LogP contribution in [0.2, 0.25) is 0 Å². The summed E-state index contributed by atoms with van der Waals surface area (Å²) in [6.07, 6.45) is -4.86. The van der Waals surface area contributed by atoms with Crippen molar-refractivity contribution in [2.75, 3.05) is 5.32 Å². The van der Waals surface area contributed by atoms with Gasteiger partial charge in [0.2, 0.25) is 5.95 Å². The average Bonchev–Trinajstić information content (AvgIpc) is 3.15. The smallest absolute Gasteiger partial charge is 0.413 e. The molecule has 0 spiro atoms. The zero-order valence-corrected chi connectivity index (χ0v) is 15.1. The predicted octanol–water partition coefficient (Wildman–Crippen LogP) is 5.06. The lowest BCUT2D eigenvalue weighted by atomic mass is 9.71. The zero-order chi connectivity index (χ0) is 21.6. The maximum atomic E-state index is 13.1. The molecule has 2 heterocycles. The van der Waals surface area contributed by atoms with Gasteiger partial charge >= 0.3 is 18.2 Å². The number of nitrogens with one attached hydrogen (secondary N) is 1. The van der Waals surface area contributed by atoms with Gasteiger partial charge in [0.25, 0.3) is 5.89 Å². The lowest BCUT2D eigenvalue weighted by molar-refractivity contribution is -0.157. The summed E-state index contributed by atoms with van der Waals surface area (Å²) in [7, 11) is 0. The Morgan fingerprint density at radius 2 is 1.63 bits per heavy atom. The highest BCUT2D eigenvalue weighted by Crippen LogP contribution is 2.45. The van der Waals surface area contributed by atoms with Crippen LogP contribution in [0.1, 0.15) is 36.3 Å². The molecule has 1 saturated carbocycles. The number of aromatic nitrogens is 4. The first-order valence-electron chi connectivity index (χ1n) is 8.76. The molecule has 12 heteroatoms. The van der Waals surface area contributed by atoms with E-state index in [-0.39, 0.29) is 11.5 Å². The molecular formula is C18H13F6N5O. The van der Waals surface area contributed by atoms with E-state index in [9.17, 15) is 26.3 Å². The Bertz CT molecular complexity index is 1040. The molecule has 158 valence electrons. The van der Waals surface area contributed by atoms with E-state index in [1.807, 2.05) is 0 Å². The lowest BCUT2D eigenvalue weighted by Crippen LogP contribution is -2.42. The van der Waals surface area contributed by atoms with Crippen molar-refractivity contribution in [1.82, 2.24) is 20.2 Å². The van der Waals surface area contributed by atoms with Crippen LogP contribution in [0, 0.1) is 0 Å². The third-order valence-corrected chi connectivity index (χ3v) is 4.87. The van der Waals surface area contributed by atoms with Crippen molar-refractivity contribution in [2.45, 2.75) is 37.2 Å². The summed E-state index contributed by atoms with van der Waals surface area (Å²) in [6.45, 7) is 0. The topological polar surface area (TPSA) is 76.7 Å². The maximum absolute atomic E-state index is 13.1. The van der Waals surface area contributed by atoms with Gasteiger partial charge in [0.15, 0.2) is 0 Å². The Morgan fingerprint density at radius 1 is 0.933 bits per heavy atom. The molecule has 1 aliphatic rings. The summed E-state index contributed by atoms with van der Waals surface area (Å²) >= 11 is 0. The third-order valence-electron chi connectivity index (χ3n) is 4.87. The van der Waals surface area contributed by atoms with E-state index in [1.54, 1.807) is 6.07 Å². The highest BCUT2D eigenvalue weighted by Gasteiger charge is 2.41. The van der Waals surface area contributed by atoms with Gasteiger partial charge in [0.05, 0.1) is 16.7 Å². The molecule has 6 nitrogen and oxygen atoms in total. The minimum atomic E-state index is -4.77. The van der Waals surface area contributed by atoms with Crippen LogP contribution in [-0.2, 0) is 17.9 Å². The van der Waals surface area contributed by atoms with Gasteiger partial charge in [-0.2, -0.15) is 26.3 Å². The molecule has 0 bridgehead atoms. The summed E-state index contributed by atoms with van der Waals surface area (Å²) < 4.78 is 81.4. The van der Waals surface area contributed by atoms with Crippen LogP contribution in [0.25, 0.3) is 11.5 Å². The summed E-state index contributed by atoms with van der Waals surface area (Å²) in [5.41, 5.74) is -0.967. The number of rotatable bonds is 4. The second-order valence-corrected chi connectivity index (χ2v) is 6.84. The van der Waals surface area contributed by atoms with Crippen LogP contribution in [-0.4, -0.2) is 20.2 Å². The van der Waals surface area contributed by atoms with Gasteiger partial charge in [0, 0.05) is 12.4 Å². The molecule has 1 N–H and O–H groups in total. The standard InChI is InChI=1S/C18H13F6N5O/c19-17(20,21)12-4-1-3-11(7-12)16(5-2-6-16)27-15-25-8-10(9-26-15)13-28-29-14(30-13)18(22,23)24/h1,3-4,7-9H,2,5-6H2,(H,25,26,27). The molecule has 1 aliphatic carbocycles. The molecule has 3 aromatic rings. The van der Waals surface area contributed by atoms with Crippen molar-refractivity contribution in [3.05, 3.63) is 53.7 Å². The number of alkyl halides is 6. The van der Waals surface area contributed by atoms with Crippen LogP contribution in [0.3, 0.4) is 0 Å². The van der Waals surface area contributed by atoms with Crippen molar-refractivity contribution in [3.63, 3.8) is 0 Å². The van der Waals surface area contributed by atoms with Gasteiger partial charge in [-0.15, -0.1) is 10.2 Å². The van der Waals surface area contributed by atoms with Gasteiger partial charge in [-0.05, 0) is 37.0 Å². The molecule has 1 aromatic carbocycles. The van der Waals surface area contributed by atoms with Gasteiger partial charge in [-0.3, -0.25) is 0 Å². The highest BCUT2D eigenvalue weighted by atomic mass is 19.4. The van der Waals surface area contributed by atoms with Crippen molar-refractivity contribution in [3.8, 4) is 11.5 Å². The van der Waals surface area contributed by atoms with Crippen LogP contribution >= 0.6 is 0 Å². The summed E-state index contributed by atoms with van der Waals surface area (Å²) in [6, 6.07) is 5.04. The lowest BCUT2D eigenvalue weighted by Gasteiger charge is -2.43. The molecule has 0 aliphatic heterocycles. The number of benzene rings is 1. The Morgan fingerprint density at radius 3 is 2.17 bits per heavy atom. The van der Waals surface area contributed by atoms with E-state index in [1.165, 1.54) is 18.5 Å². The number of nitrogens with zero attached hydrogens (tertiary/aromatic N) is 4. The van der Waals surface area contributed by atoms with Crippen LogP contribution in [0.5, 0.6) is 0 Å². The molecule has 0 atom stereocenters. The minimum Gasteiger partial charge on any atom is -0.413 e. The molecule has 1 fully saturated rings. The van der Waals surface area contributed by atoms with E-state index >= 15 is 0 Å². The normalized spacial score (nSPS) is 16.2. The Labute approximate surface area is 165 Å². The van der Waals surface area contributed by atoms with E-state index in [4.69, 9.17) is 0 Å². The number of hydrogen-bond donors (Lipinski definition) is 1. The first-order valence-corrected chi connectivity index (χ1v) is 8.76. The van der Waals surface area contributed by atoms with Crippen LogP contribution in [0.4, 0.5) is 32.3 Å². The predicted molar refractivity (Wildman–Crippen MR) is 90.9 cm³/mol. The molecule has 30 heavy (non-hydrogen) atoms. The SMILES string of the molecule is FC(F)(F)c1cccc(C2(Nc3ncc(-c4nnc(C(F)(F)F)o4)cn3)CCC2)c1. The van der Waals surface area contributed by atoms with E-state index in [0.29, 0.717) is 18.4 Å². The molecule has 4 rings (SSSR count).